The minimum atomic E-state index is 0.456. The Bertz CT molecular complexity index is 896. The molecule has 4 heteroatoms. The van der Waals surface area contributed by atoms with Crippen LogP contribution in [0.25, 0.3) is 22.5 Å². The normalized spacial score (nSPS) is 14.1. The van der Waals surface area contributed by atoms with Gasteiger partial charge in [0.1, 0.15) is 5.69 Å². The van der Waals surface area contributed by atoms with Gasteiger partial charge in [0.15, 0.2) is 0 Å². The zero-order chi connectivity index (χ0) is 17.4. The van der Waals surface area contributed by atoms with E-state index in [9.17, 15) is 0 Å². The molecular weight excluding hydrogens is 308 g/mol. The monoisotopic (exact) mass is 332 g/mol. The van der Waals surface area contributed by atoms with E-state index in [1.807, 2.05) is 4.68 Å². The average molecular weight is 332 g/mol. The van der Waals surface area contributed by atoms with Gasteiger partial charge in [-0.1, -0.05) is 54.6 Å². The standard InChI is InChI=1S/C21H24N4/c1-4-15(3)24-14-16-10-6-7-11-17(16)21-20(22-23-25(21)5-2)18-12-8-9-13-19(18)24/h6-13,15H,4-5,14H2,1-3H3. The van der Waals surface area contributed by atoms with Gasteiger partial charge in [0.2, 0.25) is 0 Å². The minimum Gasteiger partial charge on any atom is -0.364 e. The molecule has 4 nitrogen and oxygen atoms in total. The molecule has 0 amide bonds. The van der Waals surface area contributed by atoms with Gasteiger partial charge in [0.05, 0.1) is 5.69 Å². The Hall–Kier alpha value is -2.62. The summed E-state index contributed by atoms with van der Waals surface area (Å²) in [5, 5.41) is 9.01. The Morgan fingerprint density at radius 2 is 1.72 bits per heavy atom. The number of para-hydroxylation sites is 1. The number of hydrogen-bond donors (Lipinski definition) is 0. The second kappa shape index (κ2) is 6.36. The van der Waals surface area contributed by atoms with Gasteiger partial charge in [-0.2, -0.15) is 0 Å². The first kappa shape index (κ1) is 15.9. The van der Waals surface area contributed by atoms with Crippen molar-refractivity contribution < 1.29 is 0 Å². The first-order valence-electron chi connectivity index (χ1n) is 9.12. The van der Waals surface area contributed by atoms with E-state index < -0.39 is 0 Å². The molecule has 0 radical (unpaired) electrons. The average Bonchev–Trinajstić information content (AvgIpc) is 3.08. The van der Waals surface area contributed by atoms with Crippen LogP contribution in [0.15, 0.2) is 48.5 Å². The van der Waals surface area contributed by atoms with Gasteiger partial charge in [0, 0.05) is 35.9 Å². The molecule has 1 aromatic heterocycles. The van der Waals surface area contributed by atoms with Crippen LogP contribution >= 0.6 is 0 Å². The van der Waals surface area contributed by atoms with Gasteiger partial charge in [-0.25, -0.2) is 4.68 Å². The highest BCUT2D eigenvalue weighted by atomic mass is 15.4. The summed E-state index contributed by atoms with van der Waals surface area (Å²) in [6.45, 7) is 8.37. The summed E-state index contributed by atoms with van der Waals surface area (Å²) >= 11 is 0. The van der Waals surface area contributed by atoms with E-state index in [0.717, 1.165) is 30.9 Å². The summed E-state index contributed by atoms with van der Waals surface area (Å²) in [4.78, 5) is 2.50. The Labute approximate surface area is 149 Å². The second-order valence-corrected chi connectivity index (χ2v) is 6.66. The number of anilines is 1. The zero-order valence-electron chi connectivity index (χ0n) is 15.1. The Kier molecular flexibility index (Phi) is 4.04. The van der Waals surface area contributed by atoms with E-state index in [4.69, 9.17) is 0 Å². The van der Waals surface area contributed by atoms with Crippen LogP contribution in [0, 0.1) is 0 Å². The van der Waals surface area contributed by atoms with Gasteiger partial charge in [-0.05, 0) is 31.9 Å². The fourth-order valence-electron chi connectivity index (χ4n) is 3.68. The van der Waals surface area contributed by atoms with Crippen LogP contribution in [-0.4, -0.2) is 21.0 Å². The highest BCUT2D eigenvalue weighted by Gasteiger charge is 2.27. The summed E-state index contributed by atoms with van der Waals surface area (Å²) in [5.41, 5.74) is 7.11. The van der Waals surface area contributed by atoms with Crippen LogP contribution in [0.4, 0.5) is 5.69 Å². The lowest BCUT2D eigenvalue weighted by Gasteiger charge is -2.34. The third-order valence-corrected chi connectivity index (χ3v) is 5.24. The first-order chi connectivity index (χ1) is 12.2. The molecule has 3 aromatic rings. The van der Waals surface area contributed by atoms with Crippen LogP contribution in [0.3, 0.4) is 0 Å². The molecule has 25 heavy (non-hydrogen) atoms. The van der Waals surface area contributed by atoms with Crippen LogP contribution in [0.1, 0.15) is 32.8 Å². The number of aromatic nitrogens is 3. The summed E-state index contributed by atoms with van der Waals surface area (Å²) in [5.74, 6) is 0. The summed E-state index contributed by atoms with van der Waals surface area (Å²) in [7, 11) is 0. The SMILES string of the molecule is CCC(C)N1Cc2ccccc2-c2c(nnn2CC)-c2ccccc21. The van der Waals surface area contributed by atoms with Crippen molar-refractivity contribution in [3.8, 4) is 22.5 Å². The number of rotatable bonds is 3. The van der Waals surface area contributed by atoms with E-state index in [1.54, 1.807) is 0 Å². The Morgan fingerprint density at radius 3 is 2.48 bits per heavy atom. The van der Waals surface area contributed by atoms with Crippen molar-refractivity contribution in [2.45, 2.75) is 46.3 Å². The highest BCUT2D eigenvalue weighted by molar-refractivity contribution is 5.88. The van der Waals surface area contributed by atoms with Crippen molar-refractivity contribution in [3.63, 3.8) is 0 Å². The van der Waals surface area contributed by atoms with Gasteiger partial charge in [-0.3, -0.25) is 0 Å². The van der Waals surface area contributed by atoms with E-state index in [2.05, 4.69) is 84.5 Å². The molecular formula is C21H24N4. The highest BCUT2D eigenvalue weighted by Crippen LogP contribution is 2.41. The molecule has 1 atom stereocenters. The van der Waals surface area contributed by atoms with E-state index >= 15 is 0 Å². The molecule has 1 unspecified atom stereocenters. The van der Waals surface area contributed by atoms with Crippen LogP contribution in [0.2, 0.25) is 0 Å². The molecule has 0 saturated carbocycles. The third-order valence-electron chi connectivity index (χ3n) is 5.24. The minimum absolute atomic E-state index is 0.456. The maximum Gasteiger partial charge on any atom is 0.123 e. The number of aryl methyl sites for hydroxylation is 1. The molecule has 4 rings (SSSR count). The van der Waals surface area contributed by atoms with Gasteiger partial charge in [-0.15, -0.1) is 5.10 Å². The summed E-state index contributed by atoms with van der Waals surface area (Å²) in [6.07, 6.45) is 1.10. The molecule has 0 spiro atoms. The number of fused-ring (bicyclic) bond motifs is 5. The fraction of sp³-hybridized carbons (Fsp3) is 0.333. The van der Waals surface area contributed by atoms with Gasteiger partial charge < -0.3 is 4.90 Å². The van der Waals surface area contributed by atoms with E-state index in [0.29, 0.717) is 6.04 Å². The summed E-state index contributed by atoms with van der Waals surface area (Å²) < 4.78 is 2.02. The maximum absolute atomic E-state index is 4.58. The first-order valence-corrected chi connectivity index (χ1v) is 9.12. The molecule has 128 valence electrons. The molecule has 0 fully saturated rings. The predicted molar refractivity (Wildman–Crippen MR) is 103 cm³/mol. The molecule has 1 aliphatic heterocycles. The van der Waals surface area contributed by atoms with Crippen molar-refractivity contribution in [3.05, 3.63) is 54.1 Å². The van der Waals surface area contributed by atoms with E-state index in [1.165, 1.54) is 22.4 Å². The van der Waals surface area contributed by atoms with Crippen molar-refractivity contribution in [2.24, 2.45) is 0 Å². The maximum atomic E-state index is 4.58. The molecule has 0 N–H and O–H groups in total. The molecule has 0 saturated heterocycles. The largest absolute Gasteiger partial charge is 0.364 e. The Balaban J connectivity index is 2.05. The lowest BCUT2D eigenvalue weighted by Crippen LogP contribution is -2.33. The molecule has 2 aromatic carbocycles. The lowest BCUT2D eigenvalue weighted by molar-refractivity contribution is 0.613. The fourth-order valence-corrected chi connectivity index (χ4v) is 3.68. The Morgan fingerprint density at radius 1 is 1.00 bits per heavy atom. The van der Waals surface area contributed by atoms with E-state index in [-0.39, 0.29) is 0 Å². The topological polar surface area (TPSA) is 34.0 Å². The quantitative estimate of drug-likeness (QED) is 0.694. The van der Waals surface area contributed by atoms with Gasteiger partial charge >= 0.3 is 0 Å². The third kappa shape index (κ3) is 2.53. The predicted octanol–water partition coefficient (Wildman–Crippen LogP) is 4.75. The number of benzene rings is 2. The van der Waals surface area contributed by atoms with Crippen molar-refractivity contribution >= 4 is 5.69 Å². The van der Waals surface area contributed by atoms with Crippen molar-refractivity contribution in [1.29, 1.82) is 0 Å². The molecule has 0 bridgehead atoms. The molecule has 1 aliphatic rings. The van der Waals surface area contributed by atoms with Crippen LogP contribution in [-0.2, 0) is 13.1 Å². The van der Waals surface area contributed by atoms with Crippen molar-refractivity contribution in [1.82, 2.24) is 15.0 Å². The van der Waals surface area contributed by atoms with Gasteiger partial charge in [0.25, 0.3) is 0 Å². The van der Waals surface area contributed by atoms with Crippen LogP contribution < -0.4 is 4.90 Å². The molecule has 0 aliphatic carbocycles. The van der Waals surface area contributed by atoms with Crippen molar-refractivity contribution in [2.75, 3.05) is 4.90 Å². The van der Waals surface area contributed by atoms with Crippen LogP contribution in [0.5, 0.6) is 0 Å². The molecule has 2 heterocycles. The summed E-state index contributed by atoms with van der Waals surface area (Å²) in [6, 6.07) is 17.7. The zero-order valence-corrected chi connectivity index (χ0v) is 15.1. The number of nitrogens with zero attached hydrogens (tertiary/aromatic N) is 4. The number of hydrogen-bond acceptors (Lipinski definition) is 3. The lowest BCUT2D eigenvalue weighted by atomic mass is 9.94. The smallest absolute Gasteiger partial charge is 0.123 e. The second-order valence-electron chi connectivity index (χ2n) is 6.66.